The zero-order valence-corrected chi connectivity index (χ0v) is 17.5. The molecule has 4 N–H and O–H groups in total. The molecule has 166 valence electrons. The number of aryl methyl sites for hydroxylation is 1. The number of amides is 1. The van der Waals surface area contributed by atoms with Crippen molar-refractivity contribution in [3.05, 3.63) is 65.9 Å². The second-order valence-corrected chi connectivity index (χ2v) is 8.11. The number of rotatable bonds is 4. The molecule has 11 heteroatoms. The van der Waals surface area contributed by atoms with Crippen molar-refractivity contribution in [2.24, 2.45) is 10.9 Å². The smallest absolute Gasteiger partial charge is 0.370 e. The number of nitrogens with zero attached hydrogens (tertiary/aromatic N) is 2. The molecule has 0 aliphatic carbocycles. The number of hydrogen-bond acceptors (Lipinski definition) is 4. The van der Waals surface area contributed by atoms with E-state index in [-0.39, 0.29) is 22.2 Å². The number of carbonyl (C=O) groups is 1. The molecule has 1 amide bonds. The third-order valence-corrected chi connectivity index (χ3v) is 5.03. The lowest BCUT2D eigenvalue weighted by Gasteiger charge is -2.09. The number of primary amides is 1. The quantitative estimate of drug-likeness (QED) is 0.628. The first-order valence-corrected chi connectivity index (χ1v) is 10.5. The number of halogens is 3. The summed E-state index contributed by atoms with van der Waals surface area (Å²) in [6, 6.07) is 13.1. The van der Waals surface area contributed by atoms with Gasteiger partial charge in [0.05, 0.1) is 16.3 Å². The molecule has 3 rings (SSSR count). The van der Waals surface area contributed by atoms with Gasteiger partial charge in [0, 0.05) is 12.0 Å². The highest BCUT2D eigenvalue weighted by Gasteiger charge is 2.35. The molecule has 0 aliphatic rings. The Bertz CT molecular complexity index is 1150. The number of sulfonamides is 1. The standard InChI is InChI=1S/C17H14F3N3O2S.C3H7NO/c1-11-2-4-12(5-3-11)15-10-16(17(18,19)20)22-23(15)13-6-8-14(9-7-13)26(21,24)25;1-2-3(4)5/h2-10H,1H3,(H2,21,24,25);2H2,1H3,(H2,4,5). The molecule has 0 radical (unpaired) electrons. The molecule has 0 bridgehead atoms. The molecule has 0 unspecified atom stereocenters. The predicted molar refractivity (Wildman–Crippen MR) is 110 cm³/mol. The third-order valence-electron chi connectivity index (χ3n) is 4.11. The molecule has 3 aromatic rings. The van der Waals surface area contributed by atoms with Crippen LogP contribution in [0, 0.1) is 6.92 Å². The lowest BCUT2D eigenvalue weighted by Crippen LogP contribution is -2.12. The summed E-state index contributed by atoms with van der Waals surface area (Å²) in [5.41, 5.74) is 5.65. The van der Waals surface area contributed by atoms with Crippen molar-refractivity contribution in [3.8, 4) is 16.9 Å². The number of aromatic nitrogens is 2. The summed E-state index contributed by atoms with van der Waals surface area (Å²) in [7, 11) is -3.90. The minimum Gasteiger partial charge on any atom is -0.370 e. The van der Waals surface area contributed by atoms with Crippen molar-refractivity contribution in [2.75, 3.05) is 0 Å². The highest BCUT2D eigenvalue weighted by molar-refractivity contribution is 7.89. The van der Waals surface area contributed by atoms with Crippen LogP contribution in [0.15, 0.2) is 59.5 Å². The van der Waals surface area contributed by atoms with E-state index in [9.17, 15) is 26.4 Å². The van der Waals surface area contributed by atoms with Gasteiger partial charge in [-0.15, -0.1) is 0 Å². The van der Waals surface area contributed by atoms with Gasteiger partial charge >= 0.3 is 6.18 Å². The van der Waals surface area contributed by atoms with Crippen LogP contribution in [0.5, 0.6) is 0 Å². The monoisotopic (exact) mass is 454 g/mol. The first kappa shape index (κ1) is 24.1. The van der Waals surface area contributed by atoms with Crippen LogP contribution in [0.25, 0.3) is 16.9 Å². The number of carbonyl (C=O) groups excluding carboxylic acids is 1. The fourth-order valence-electron chi connectivity index (χ4n) is 2.42. The van der Waals surface area contributed by atoms with Crippen LogP contribution in [-0.2, 0) is 21.0 Å². The molecule has 0 spiro atoms. The summed E-state index contributed by atoms with van der Waals surface area (Å²) in [4.78, 5) is 9.45. The molecule has 1 heterocycles. The molecule has 7 nitrogen and oxygen atoms in total. The van der Waals surface area contributed by atoms with Gasteiger partial charge in [-0.05, 0) is 37.3 Å². The Morgan fingerprint density at radius 1 is 1.06 bits per heavy atom. The van der Waals surface area contributed by atoms with Gasteiger partial charge in [-0.3, -0.25) is 4.79 Å². The Morgan fingerprint density at radius 2 is 1.58 bits per heavy atom. The molecule has 0 atom stereocenters. The predicted octanol–water partition coefficient (Wildman–Crippen LogP) is 3.40. The van der Waals surface area contributed by atoms with Gasteiger partial charge in [-0.25, -0.2) is 18.2 Å². The van der Waals surface area contributed by atoms with Crippen LogP contribution in [0.2, 0.25) is 0 Å². The summed E-state index contributed by atoms with van der Waals surface area (Å²) in [5, 5.41) is 8.70. The molecule has 0 saturated carbocycles. The van der Waals surface area contributed by atoms with Crippen molar-refractivity contribution >= 4 is 15.9 Å². The number of primary sulfonamides is 1. The molecule has 0 fully saturated rings. The number of nitrogens with two attached hydrogens (primary N) is 2. The average molecular weight is 454 g/mol. The van der Waals surface area contributed by atoms with E-state index in [2.05, 4.69) is 10.8 Å². The number of alkyl halides is 3. The van der Waals surface area contributed by atoms with Crippen LogP contribution in [0.3, 0.4) is 0 Å². The van der Waals surface area contributed by atoms with Gasteiger partial charge in [0.15, 0.2) is 5.69 Å². The van der Waals surface area contributed by atoms with Gasteiger partial charge in [-0.2, -0.15) is 18.3 Å². The third kappa shape index (κ3) is 6.40. The minimum atomic E-state index is -4.61. The Labute approximate surface area is 177 Å². The Balaban J connectivity index is 0.000000614. The molecule has 0 saturated heterocycles. The van der Waals surface area contributed by atoms with E-state index >= 15 is 0 Å². The second-order valence-electron chi connectivity index (χ2n) is 6.55. The van der Waals surface area contributed by atoms with Crippen LogP contribution in [-0.4, -0.2) is 24.1 Å². The zero-order chi connectivity index (χ0) is 23.4. The van der Waals surface area contributed by atoms with Crippen LogP contribution in [0.4, 0.5) is 13.2 Å². The highest BCUT2D eigenvalue weighted by atomic mass is 32.2. The number of benzene rings is 2. The Hall–Kier alpha value is -3.18. The minimum absolute atomic E-state index is 0.138. The highest BCUT2D eigenvalue weighted by Crippen LogP contribution is 2.33. The van der Waals surface area contributed by atoms with Crippen LogP contribution < -0.4 is 10.9 Å². The lowest BCUT2D eigenvalue weighted by atomic mass is 10.1. The van der Waals surface area contributed by atoms with E-state index in [1.54, 1.807) is 31.2 Å². The zero-order valence-electron chi connectivity index (χ0n) is 16.7. The maximum atomic E-state index is 13.1. The summed E-state index contributed by atoms with van der Waals surface area (Å²) >= 11 is 0. The normalized spacial score (nSPS) is 11.5. The molecule has 1 aromatic heterocycles. The van der Waals surface area contributed by atoms with Crippen molar-refractivity contribution < 1.29 is 26.4 Å². The van der Waals surface area contributed by atoms with Gasteiger partial charge in [0.25, 0.3) is 0 Å². The Morgan fingerprint density at radius 3 is 2.00 bits per heavy atom. The van der Waals surface area contributed by atoms with E-state index in [0.29, 0.717) is 12.0 Å². The molecule has 31 heavy (non-hydrogen) atoms. The van der Waals surface area contributed by atoms with Gasteiger partial charge in [-0.1, -0.05) is 36.8 Å². The fraction of sp³-hybridized carbons (Fsp3) is 0.200. The van der Waals surface area contributed by atoms with Crippen LogP contribution in [0.1, 0.15) is 24.6 Å². The van der Waals surface area contributed by atoms with Crippen molar-refractivity contribution in [1.82, 2.24) is 9.78 Å². The first-order chi connectivity index (χ1) is 14.3. The van der Waals surface area contributed by atoms with E-state index < -0.39 is 21.9 Å². The van der Waals surface area contributed by atoms with E-state index in [1.807, 2.05) is 6.92 Å². The van der Waals surface area contributed by atoms with E-state index in [0.717, 1.165) is 16.3 Å². The van der Waals surface area contributed by atoms with E-state index in [4.69, 9.17) is 5.14 Å². The summed E-state index contributed by atoms with van der Waals surface area (Å²) in [5.74, 6) is -0.245. The SMILES string of the molecule is CCC(N)=O.Cc1ccc(-c2cc(C(F)(F)F)nn2-c2ccc(S(N)(=O)=O)cc2)cc1. The van der Waals surface area contributed by atoms with Crippen molar-refractivity contribution in [1.29, 1.82) is 0 Å². The maximum Gasteiger partial charge on any atom is 0.435 e. The van der Waals surface area contributed by atoms with Crippen molar-refractivity contribution in [2.45, 2.75) is 31.3 Å². The lowest BCUT2D eigenvalue weighted by molar-refractivity contribution is -0.141. The molecular formula is C20H21F3N4O3S. The van der Waals surface area contributed by atoms with Gasteiger partial charge < -0.3 is 5.73 Å². The fourth-order valence-corrected chi connectivity index (χ4v) is 2.94. The van der Waals surface area contributed by atoms with Crippen LogP contribution >= 0.6 is 0 Å². The summed E-state index contributed by atoms with van der Waals surface area (Å²) < 4.78 is 63.2. The largest absolute Gasteiger partial charge is 0.435 e. The molecular weight excluding hydrogens is 433 g/mol. The molecule has 0 aliphatic heterocycles. The summed E-state index contributed by atoms with van der Waals surface area (Å²) in [6.07, 6.45) is -4.16. The van der Waals surface area contributed by atoms with Gasteiger partial charge in [0.1, 0.15) is 0 Å². The van der Waals surface area contributed by atoms with Gasteiger partial charge in [0.2, 0.25) is 15.9 Å². The average Bonchev–Trinajstić information content (AvgIpc) is 3.14. The topological polar surface area (TPSA) is 121 Å². The van der Waals surface area contributed by atoms with E-state index in [1.165, 1.54) is 24.3 Å². The second kappa shape index (κ2) is 9.31. The maximum absolute atomic E-state index is 13.1. The number of hydrogen-bond donors (Lipinski definition) is 2. The summed E-state index contributed by atoms with van der Waals surface area (Å²) in [6.45, 7) is 3.59. The van der Waals surface area contributed by atoms with Crippen molar-refractivity contribution in [3.63, 3.8) is 0 Å². The Kier molecular flexibility index (Phi) is 7.24. The first-order valence-electron chi connectivity index (χ1n) is 8.98. The molecule has 2 aromatic carbocycles.